The Bertz CT molecular complexity index is 419. The molecule has 1 atom stereocenters. The summed E-state index contributed by atoms with van der Waals surface area (Å²) in [5.41, 5.74) is 6.51. The zero-order chi connectivity index (χ0) is 13.7. The molecule has 0 radical (unpaired) electrons. The van der Waals surface area contributed by atoms with Crippen molar-refractivity contribution in [2.75, 3.05) is 13.1 Å². The SMILES string of the molecule is CCCc1nnsc1C(=O)N1CCCCC1CCN. The van der Waals surface area contributed by atoms with E-state index in [4.69, 9.17) is 5.73 Å². The van der Waals surface area contributed by atoms with Crippen LogP contribution < -0.4 is 5.73 Å². The highest BCUT2D eigenvalue weighted by Crippen LogP contribution is 2.24. The quantitative estimate of drug-likeness (QED) is 0.894. The maximum absolute atomic E-state index is 12.7. The van der Waals surface area contributed by atoms with E-state index >= 15 is 0 Å². The van der Waals surface area contributed by atoms with E-state index in [0.29, 0.717) is 12.6 Å². The van der Waals surface area contributed by atoms with Gasteiger partial charge in [-0.1, -0.05) is 17.8 Å². The van der Waals surface area contributed by atoms with Crippen LogP contribution in [0.2, 0.25) is 0 Å². The van der Waals surface area contributed by atoms with Gasteiger partial charge in [-0.15, -0.1) is 5.10 Å². The van der Waals surface area contributed by atoms with E-state index in [2.05, 4.69) is 16.5 Å². The van der Waals surface area contributed by atoms with Crippen LogP contribution in [0.5, 0.6) is 0 Å². The lowest BCUT2D eigenvalue weighted by molar-refractivity contribution is 0.0608. The molecule has 1 aliphatic rings. The molecule has 1 aromatic heterocycles. The van der Waals surface area contributed by atoms with Gasteiger partial charge in [0.05, 0.1) is 5.69 Å². The first-order chi connectivity index (χ1) is 9.27. The number of likely N-dealkylation sites (tertiary alicyclic amines) is 1. The number of hydrogen-bond acceptors (Lipinski definition) is 5. The average Bonchev–Trinajstić information content (AvgIpc) is 2.88. The highest BCUT2D eigenvalue weighted by Gasteiger charge is 2.29. The monoisotopic (exact) mass is 282 g/mol. The van der Waals surface area contributed by atoms with E-state index in [0.717, 1.165) is 49.2 Å². The van der Waals surface area contributed by atoms with Crippen LogP contribution in [-0.4, -0.2) is 39.5 Å². The zero-order valence-corrected chi connectivity index (χ0v) is 12.3. The lowest BCUT2D eigenvalue weighted by Crippen LogP contribution is -2.44. The number of nitrogens with zero attached hydrogens (tertiary/aromatic N) is 3. The second-order valence-electron chi connectivity index (χ2n) is 5.02. The molecule has 2 rings (SSSR count). The Morgan fingerprint density at radius 1 is 1.53 bits per heavy atom. The summed E-state index contributed by atoms with van der Waals surface area (Å²) in [7, 11) is 0. The zero-order valence-electron chi connectivity index (χ0n) is 11.5. The molecule has 1 fully saturated rings. The number of rotatable bonds is 5. The van der Waals surface area contributed by atoms with Crippen LogP contribution in [0.4, 0.5) is 0 Å². The molecule has 6 heteroatoms. The van der Waals surface area contributed by atoms with E-state index in [9.17, 15) is 4.79 Å². The van der Waals surface area contributed by atoms with Gasteiger partial charge in [-0.25, -0.2) is 0 Å². The van der Waals surface area contributed by atoms with Gasteiger partial charge in [0.25, 0.3) is 5.91 Å². The Morgan fingerprint density at radius 3 is 3.11 bits per heavy atom. The highest BCUT2D eigenvalue weighted by molar-refractivity contribution is 7.08. The van der Waals surface area contributed by atoms with Crippen molar-refractivity contribution in [1.82, 2.24) is 14.5 Å². The molecule has 0 spiro atoms. The lowest BCUT2D eigenvalue weighted by Gasteiger charge is -2.35. The standard InChI is InChI=1S/C13H22N4OS/c1-2-5-11-12(19-16-15-11)13(18)17-9-4-3-6-10(17)7-8-14/h10H,2-9,14H2,1H3. The Hall–Kier alpha value is -1.01. The molecule has 106 valence electrons. The van der Waals surface area contributed by atoms with Gasteiger partial charge in [0.1, 0.15) is 4.88 Å². The predicted molar refractivity (Wildman–Crippen MR) is 76.3 cm³/mol. The van der Waals surface area contributed by atoms with Crippen LogP contribution in [0.3, 0.4) is 0 Å². The third-order valence-electron chi connectivity index (χ3n) is 3.62. The van der Waals surface area contributed by atoms with Crippen molar-refractivity contribution in [3.8, 4) is 0 Å². The largest absolute Gasteiger partial charge is 0.335 e. The van der Waals surface area contributed by atoms with E-state index in [-0.39, 0.29) is 5.91 Å². The van der Waals surface area contributed by atoms with Gasteiger partial charge in [-0.2, -0.15) is 0 Å². The van der Waals surface area contributed by atoms with E-state index in [1.54, 1.807) is 0 Å². The van der Waals surface area contributed by atoms with Crippen LogP contribution in [0.25, 0.3) is 0 Å². The third kappa shape index (κ3) is 3.30. The molecule has 1 saturated heterocycles. The number of aryl methyl sites for hydroxylation is 1. The Balaban J connectivity index is 2.14. The van der Waals surface area contributed by atoms with Gasteiger partial charge in [0.15, 0.2) is 0 Å². The smallest absolute Gasteiger partial charge is 0.267 e. The summed E-state index contributed by atoms with van der Waals surface area (Å²) in [6, 6.07) is 0.294. The summed E-state index contributed by atoms with van der Waals surface area (Å²) in [6.07, 6.45) is 6.05. The van der Waals surface area contributed by atoms with Crippen LogP contribution >= 0.6 is 11.5 Å². The lowest BCUT2D eigenvalue weighted by atomic mass is 9.99. The van der Waals surface area contributed by atoms with E-state index < -0.39 is 0 Å². The number of piperidine rings is 1. The van der Waals surface area contributed by atoms with Crippen molar-refractivity contribution in [2.45, 2.75) is 51.5 Å². The van der Waals surface area contributed by atoms with Gasteiger partial charge < -0.3 is 10.6 Å². The van der Waals surface area contributed by atoms with Crippen molar-refractivity contribution in [1.29, 1.82) is 0 Å². The molecule has 0 aliphatic carbocycles. The Labute approximate surface area is 118 Å². The molecule has 1 amide bonds. The van der Waals surface area contributed by atoms with Crippen molar-refractivity contribution in [3.05, 3.63) is 10.6 Å². The minimum Gasteiger partial charge on any atom is -0.335 e. The first-order valence-electron chi connectivity index (χ1n) is 7.10. The summed E-state index contributed by atoms with van der Waals surface area (Å²) in [4.78, 5) is 15.4. The second-order valence-corrected chi connectivity index (χ2v) is 5.78. The van der Waals surface area contributed by atoms with Crippen LogP contribution in [0.1, 0.15) is 54.4 Å². The first kappa shape index (κ1) is 14.4. The minimum absolute atomic E-state index is 0.108. The number of carbonyl (C=O) groups excluding carboxylic acids is 1. The summed E-state index contributed by atoms with van der Waals surface area (Å²) in [5.74, 6) is 0.108. The van der Waals surface area contributed by atoms with E-state index in [1.165, 1.54) is 18.0 Å². The van der Waals surface area contributed by atoms with Crippen LogP contribution in [0, 0.1) is 0 Å². The summed E-state index contributed by atoms with van der Waals surface area (Å²) in [6.45, 7) is 3.57. The molecular weight excluding hydrogens is 260 g/mol. The Morgan fingerprint density at radius 2 is 2.37 bits per heavy atom. The van der Waals surface area contributed by atoms with Crippen LogP contribution in [-0.2, 0) is 6.42 Å². The second kappa shape index (κ2) is 6.96. The summed E-state index contributed by atoms with van der Waals surface area (Å²) in [5, 5.41) is 4.09. The molecule has 5 nitrogen and oxygen atoms in total. The Kier molecular flexibility index (Phi) is 5.27. The topological polar surface area (TPSA) is 72.1 Å². The molecule has 0 saturated carbocycles. The molecule has 1 unspecified atom stereocenters. The first-order valence-corrected chi connectivity index (χ1v) is 7.87. The summed E-state index contributed by atoms with van der Waals surface area (Å²) < 4.78 is 3.95. The molecule has 2 heterocycles. The number of hydrogen-bond donors (Lipinski definition) is 1. The predicted octanol–water partition coefficient (Wildman–Crippen LogP) is 1.83. The molecule has 1 aromatic rings. The van der Waals surface area contributed by atoms with E-state index in [1.807, 2.05) is 4.90 Å². The van der Waals surface area contributed by atoms with Gasteiger partial charge in [-0.3, -0.25) is 4.79 Å². The van der Waals surface area contributed by atoms with Gasteiger partial charge in [-0.05, 0) is 50.2 Å². The van der Waals surface area contributed by atoms with Crippen molar-refractivity contribution in [3.63, 3.8) is 0 Å². The highest BCUT2D eigenvalue weighted by atomic mass is 32.1. The molecule has 2 N–H and O–H groups in total. The number of nitrogens with two attached hydrogens (primary N) is 1. The minimum atomic E-state index is 0.108. The maximum Gasteiger partial charge on any atom is 0.267 e. The van der Waals surface area contributed by atoms with Crippen molar-refractivity contribution >= 4 is 17.4 Å². The van der Waals surface area contributed by atoms with Crippen molar-refractivity contribution < 1.29 is 4.79 Å². The third-order valence-corrected chi connectivity index (χ3v) is 4.38. The number of carbonyl (C=O) groups is 1. The number of amides is 1. The van der Waals surface area contributed by atoms with Crippen molar-refractivity contribution in [2.24, 2.45) is 5.73 Å². The number of aromatic nitrogens is 2. The molecule has 0 aromatic carbocycles. The fourth-order valence-electron chi connectivity index (χ4n) is 2.66. The fraction of sp³-hybridized carbons (Fsp3) is 0.769. The molecule has 0 bridgehead atoms. The maximum atomic E-state index is 12.7. The van der Waals surface area contributed by atoms with Crippen LogP contribution in [0.15, 0.2) is 0 Å². The van der Waals surface area contributed by atoms with Gasteiger partial charge >= 0.3 is 0 Å². The van der Waals surface area contributed by atoms with Gasteiger partial charge in [0.2, 0.25) is 0 Å². The normalized spacial score (nSPS) is 19.7. The fourth-order valence-corrected chi connectivity index (χ4v) is 3.33. The van der Waals surface area contributed by atoms with Gasteiger partial charge in [0, 0.05) is 12.6 Å². The molecular formula is C13H22N4OS. The average molecular weight is 282 g/mol. The summed E-state index contributed by atoms with van der Waals surface area (Å²) >= 11 is 1.23. The molecule has 19 heavy (non-hydrogen) atoms. The molecule has 1 aliphatic heterocycles.